The zero-order valence-electron chi connectivity index (χ0n) is 22.0. The summed E-state index contributed by atoms with van der Waals surface area (Å²) in [7, 11) is 0. The molecule has 37 heavy (non-hydrogen) atoms. The molecular formula is C30H39N5O2. The zero-order chi connectivity index (χ0) is 25.4. The van der Waals surface area contributed by atoms with E-state index in [9.17, 15) is 4.79 Å². The maximum Gasteiger partial charge on any atom is 0.290 e. The van der Waals surface area contributed by atoms with Gasteiger partial charge in [-0.3, -0.25) is 9.69 Å². The van der Waals surface area contributed by atoms with Crippen LogP contribution in [-0.4, -0.2) is 47.5 Å². The molecule has 0 spiro atoms. The van der Waals surface area contributed by atoms with Gasteiger partial charge in [0.25, 0.3) is 6.02 Å². The van der Waals surface area contributed by atoms with Crippen LogP contribution in [0.5, 0.6) is 0 Å². The van der Waals surface area contributed by atoms with Gasteiger partial charge in [0, 0.05) is 41.1 Å². The number of hydrogen-bond donors (Lipinski definition) is 3. The number of amidine groups is 1. The van der Waals surface area contributed by atoms with Crippen molar-refractivity contribution >= 4 is 23.3 Å². The predicted molar refractivity (Wildman–Crippen MR) is 148 cm³/mol. The maximum absolute atomic E-state index is 12.7. The van der Waals surface area contributed by atoms with Crippen molar-refractivity contribution in [1.29, 1.82) is 0 Å². The van der Waals surface area contributed by atoms with Crippen LogP contribution in [0.3, 0.4) is 0 Å². The van der Waals surface area contributed by atoms with Crippen LogP contribution in [-0.2, 0) is 22.6 Å². The van der Waals surface area contributed by atoms with Crippen LogP contribution in [0.4, 0.5) is 11.4 Å². The molecule has 4 aliphatic rings. The lowest BCUT2D eigenvalue weighted by Gasteiger charge is -2.41. The van der Waals surface area contributed by atoms with Gasteiger partial charge in [-0.2, -0.15) is 0 Å². The first-order valence-electron chi connectivity index (χ1n) is 14.0. The van der Waals surface area contributed by atoms with E-state index in [1.165, 1.54) is 24.0 Å². The minimum absolute atomic E-state index is 0.00138. The largest absolute Gasteiger partial charge is 0.460 e. The molecule has 7 heteroatoms. The molecule has 1 aliphatic carbocycles. The van der Waals surface area contributed by atoms with Crippen molar-refractivity contribution < 1.29 is 9.53 Å². The Balaban J connectivity index is 1.03. The van der Waals surface area contributed by atoms with E-state index in [0.29, 0.717) is 43.3 Å². The number of aliphatic imine (C=N–C) groups is 1. The summed E-state index contributed by atoms with van der Waals surface area (Å²) in [5.74, 6) is 0.00138. The van der Waals surface area contributed by atoms with Crippen LogP contribution in [0.25, 0.3) is 0 Å². The second-order valence-corrected chi connectivity index (χ2v) is 11.4. The van der Waals surface area contributed by atoms with Crippen molar-refractivity contribution in [3.8, 4) is 0 Å². The fourth-order valence-corrected chi connectivity index (χ4v) is 6.95. The predicted octanol–water partition coefficient (Wildman–Crippen LogP) is 4.99. The topological polar surface area (TPSA) is 78.0 Å². The lowest BCUT2D eigenvalue weighted by atomic mass is 9.88. The van der Waals surface area contributed by atoms with Gasteiger partial charge in [-0.15, -0.1) is 0 Å². The highest BCUT2D eigenvalue weighted by Gasteiger charge is 2.41. The Kier molecular flexibility index (Phi) is 6.91. The number of carbonyl (C=O) groups excluding carboxylic acids is 1. The number of hydrogen-bond acceptors (Lipinski definition) is 5. The number of anilines is 2. The van der Waals surface area contributed by atoms with Gasteiger partial charge in [0.2, 0.25) is 5.91 Å². The molecule has 2 aromatic rings. The van der Waals surface area contributed by atoms with E-state index < -0.39 is 0 Å². The number of rotatable bonds is 6. The van der Waals surface area contributed by atoms with Crippen LogP contribution < -0.4 is 16.0 Å². The normalized spacial score (nSPS) is 27.8. The average molecular weight is 502 g/mol. The third kappa shape index (κ3) is 5.25. The molecule has 7 nitrogen and oxygen atoms in total. The van der Waals surface area contributed by atoms with Crippen molar-refractivity contribution in [2.75, 3.05) is 17.2 Å². The Labute approximate surface area is 220 Å². The SMILES string of the molecule is CC(C)N1C2CCC1CC(NCC(=O)Nc1ccc3c(c1)COC(=N[C@@H]1CCCc4ccccc41)N3)C2. The number of ether oxygens (including phenoxy) is 1. The first-order valence-corrected chi connectivity index (χ1v) is 14.0. The quantitative estimate of drug-likeness (QED) is 0.520. The first-order chi connectivity index (χ1) is 18.0. The van der Waals surface area contributed by atoms with Crippen LogP contribution in [0, 0.1) is 0 Å². The molecule has 0 radical (unpaired) electrons. The second-order valence-electron chi connectivity index (χ2n) is 11.4. The molecule has 6 rings (SSSR count). The number of piperidine rings is 1. The summed E-state index contributed by atoms with van der Waals surface area (Å²) in [6.07, 6.45) is 8.16. The maximum atomic E-state index is 12.7. The molecule has 0 saturated carbocycles. The molecule has 3 N–H and O–H groups in total. The molecule has 0 aromatic heterocycles. The number of benzene rings is 2. The lowest BCUT2D eigenvalue weighted by molar-refractivity contribution is -0.115. The molecule has 2 fully saturated rings. The molecule has 3 aliphatic heterocycles. The fraction of sp³-hybridized carbons (Fsp3) is 0.533. The third-order valence-corrected chi connectivity index (χ3v) is 8.54. The summed E-state index contributed by atoms with van der Waals surface area (Å²) in [5, 5.41) is 9.93. The Morgan fingerprint density at radius 2 is 1.92 bits per heavy atom. The molecule has 2 aromatic carbocycles. The highest BCUT2D eigenvalue weighted by molar-refractivity contribution is 5.95. The van der Waals surface area contributed by atoms with Crippen LogP contribution in [0.15, 0.2) is 47.5 Å². The van der Waals surface area contributed by atoms with Crippen molar-refractivity contribution in [3.63, 3.8) is 0 Å². The van der Waals surface area contributed by atoms with Gasteiger partial charge >= 0.3 is 0 Å². The molecule has 3 heterocycles. The lowest BCUT2D eigenvalue weighted by Crippen LogP contribution is -2.52. The Hall–Kier alpha value is -2.90. The van der Waals surface area contributed by atoms with Crippen molar-refractivity contribution in [3.05, 3.63) is 59.2 Å². The summed E-state index contributed by atoms with van der Waals surface area (Å²) in [6.45, 7) is 5.39. The van der Waals surface area contributed by atoms with Crippen LogP contribution >= 0.6 is 0 Å². The van der Waals surface area contributed by atoms with Gasteiger partial charge in [0.15, 0.2) is 0 Å². The zero-order valence-corrected chi connectivity index (χ0v) is 22.0. The summed E-state index contributed by atoms with van der Waals surface area (Å²) < 4.78 is 5.97. The van der Waals surface area contributed by atoms with Gasteiger partial charge < -0.3 is 20.7 Å². The van der Waals surface area contributed by atoms with Gasteiger partial charge in [0.1, 0.15) is 6.61 Å². The van der Waals surface area contributed by atoms with E-state index in [-0.39, 0.29) is 11.9 Å². The Morgan fingerprint density at radius 3 is 2.73 bits per heavy atom. The van der Waals surface area contributed by atoms with E-state index in [2.05, 4.69) is 59.0 Å². The average Bonchev–Trinajstić information content (AvgIpc) is 3.18. The van der Waals surface area contributed by atoms with Gasteiger partial charge in [0.05, 0.1) is 12.6 Å². The molecule has 2 bridgehead atoms. The summed E-state index contributed by atoms with van der Waals surface area (Å²) >= 11 is 0. The number of nitrogens with one attached hydrogen (secondary N) is 3. The van der Waals surface area contributed by atoms with E-state index >= 15 is 0 Å². The fourth-order valence-electron chi connectivity index (χ4n) is 6.95. The molecular weight excluding hydrogens is 462 g/mol. The van der Waals surface area contributed by atoms with Crippen molar-refractivity contribution in [2.24, 2.45) is 4.99 Å². The standard InChI is InChI=1S/C30H39N5O2/c1-19(2)35-24-11-12-25(35)16-23(15-24)31-17-29(36)32-22-10-13-27-21(14-22)18-37-30(33-27)34-28-9-5-7-20-6-3-4-8-26(20)28/h3-4,6,8,10,13-14,19,23-25,28,31H,5,7,9,11-12,15-18H2,1-2H3,(H,32,36)(H,33,34)/t23?,24?,25?,28-/m1/s1. The van der Waals surface area contributed by atoms with Gasteiger partial charge in [-0.05, 0) is 88.1 Å². The number of nitrogens with zero attached hydrogens (tertiary/aromatic N) is 2. The first kappa shape index (κ1) is 24.4. The molecule has 2 saturated heterocycles. The summed E-state index contributed by atoms with van der Waals surface area (Å²) in [6, 6.07) is 17.6. The number of fused-ring (bicyclic) bond motifs is 4. The van der Waals surface area contributed by atoms with Crippen molar-refractivity contribution in [1.82, 2.24) is 10.2 Å². The molecule has 3 atom stereocenters. The summed E-state index contributed by atoms with van der Waals surface area (Å²) in [5.41, 5.74) is 5.50. The van der Waals surface area contributed by atoms with E-state index in [1.807, 2.05) is 18.2 Å². The second kappa shape index (κ2) is 10.5. The minimum atomic E-state index is 0.00138. The molecule has 1 amide bonds. The number of carbonyl (C=O) groups is 1. The van der Waals surface area contributed by atoms with Crippen LogP contribution in [0.1, 0.15) is 75.1 Å². The van der Waals surface area contributed by atoms with E-state index in [1.54, 1.807) is 0 Å². The molecule has 196 valence electrons. The van der Waals surface area contributed by atoms with Crippen LogP contribution in [0.2, 0.25) is 0 Å². The van der Waals surface area contributed by atoms with Gasteiger partial charge in [-0.25, -0.2) is 4.99 Å². The van der Waals surface area contributed by atoms with Gasteiger partial charge in [-0.1, -0.05) is 24.3 Å². The minimum Gasteiger partial charge on any atom is -0.460 e. The monoisotopic (exact) mass is 501 g/mol. The highest BCUT2D eigenvalue weighted by Crippen LogP contribution is 2.37. The summed E-state index contributed by atoms with van der Waals surface area (Å²) in [4.78, 5) is 20.3. The third-order valence-electron chi connectivity index (χ3n) is 8.54. The van der Waals surface area contributed by atoms with Crippen molar-refractivity contribution in [2.45, 2.75) is 95.6 Å². The number of aryl methyl sites for hydroxylation is 1. The Bertz CT molecular complexity index is 1160. The Morgan fingerprint density at radius 1 is 1.11 bits per heavy atom. The highest BCUT2D eigenvalue weighted by atomic mass is 16.5. The molecule has 2 unspecified atom stereocenters. The van der Waals surface area contributed by atoms with E-state index in [4.69, 9.17) is 9.73 Å². The van der Waals surface area contributed by atoms with E-state index in [0.717, 1.165) is 49.0 Å². The number of amides is 1. The smallest absolute Gasteiger partial charge is 0.290 e.